The van der Waals surface area contributed by atoms with Crippen LogP contribution < -0.4 is 11.1 Å². The topological polar surface area (TPSA) is 98.2 Å². The summed E-state index contributed by atoms with van der Waals surface area (Å²) in [6.07, 6.45) is 0. The number of hydrogen-bond donors (Lipinski definition) is 2. The average Bonchev–Trinajstić information content (AvgIpc) is 2.85. The van der Waals surface area contributed by atoms with Crippen LogP contribution in [0.5, 0.6) is 0 Å². The molecule has 2 heterocycles. The van der Waals surface area contributed by atoms with Gasteiger partial charge in [-0.1, -0.05) is 5.16 Å². The fraction of sp³-hybridized carbons (Fsp3) is 0.250. The number of carbonyl (C=O) groups is 2. The molecule has 0 unspecified atom stereocenters. The maximum atomic E-state index is 11.9. The first-order valence-corrected chi connectivity index (χ1v) is 6.36. The zero-order valence-corrected chi connectivity index (χ0v) is 11.6. The van der Waals surface area contributed by atoms with Gasteiger partial charge in [-0.05, 0) is 26.3 Å². The molecule has 0 atom stereocenters. The number of primary amides is 1. The molecule has 2 amide bonds. The summed E-state index contributed by atoms with van der Waals surface area (Å²) in [5.41, 5.74) is 7.06. The third-order valence-corrected chi connectivity index (χ3v) is 3.83. The van der Waals surface area contributed by atoms with Gasteiger partial charge in [-0.15, -0.1) is 11.3 Å². The second kappa shape index (κ2) is 4.85. The summed E-state index contributed by atoms with van der Waals surface area (Å²) in [6, 6.07) is 1.52. The summed E-state index contributed by atoms with van der Waals surface area (Å²) < 4.78 is 4.86. The highest BCUT2D eigenvalue weighted by molar-refractivity contribution is 7.16. The smallest absolute Gasteiger partial charge is 0.294 e. The molecule has 0 aliphatic rings. The molecule has 0 aliphatic carbocycles. The number of nitrogens with two attached hydrogens (primary N) is 1. The number of anilines is 1. The second-order valence-electron chi connectivity index (χ2n) is 4.14. The van der Waals surface area contributed by atoms with Crippen molar-refractivity contribution in [3.63, 3.8) is 0 Å². The largest absolute Gasteiger partial charge is 0.365 e. The third-order valence-electron chi connectivity index (χ3n) is 2.71. The molecule has 0 saturated carbocycles. The summed E-state index contributed by atoms with van der Waals surface area (Å²) in [5.74, 6) is -0.924. The zero-order valence-electron chi connectivity index (χ0n) is 10.7. The standard InChI is InChI=1S/C12H13N3O3S/c1-5-4-8(18-15-5)11(17)14-12-9(10(13)16)6(2)7(3)19-12/h4H,1-3H3,(H2,13,16)(H,14,17). The number of nitrogens with one attached hydrogen (secondary N) is 1. The Kier molecular flexibility index (Phi) is 3.39. The quantitative estimate of drug-likeness (QED) is 0.897. The van der Waals surface area contributed by atoms with Crippen molar-refractivity contribution in [2.75, 3.05) is 5.32 Å². The fourth-order valence-electron chi connectivity index (χ4n) is 1.65. The minimum Gasteiger partial charge on any atom is -0.365 e. The molecule has 3 N–H and O–H groups in total. The van der Waals surface area contributed by atoms with Gasteiger partial charge in [0, 0.05) is 10.9 Å². The third kappa shape index (κ3) is 2.50. The number of aryl methyl sites for hydroxylation is 2. The maximum absolute atomic E-state index is 11.9. The first kappa shape index (κ1) is 13.3. The van der Waals surface area contributed by atoms with Gasteiger partial charge in [-0.3, -0.25) is 9.59 Å². The molecule has 2 aromatic rings. The van der Waals surface area contributed by atoms with E-state index in [1.165, 1.54) is 17.4 Å². The van der Waals surface area contributed by atoms with Crippen molar-refractivity contribution < 1.29 is 14.1 Å². The van der Waals surface area contributed by atoms with E-state index >= 15 is 0 Å². The maximum Gasteiger partial charge on any atom is 0.294 e. The SMILES string of the molecule is Cc1cc(C(=O)Nc2sc(C)c(C)c2C(N)=O)on1. The number of hydrogen-bond acceptors (Lipinski definition) is 5. The Morgan fingerprint density at radius 3 is 2.58 bits per heavy atom. The van der Waals surface area contributed by atoms with E-state index in [2.05, 4.69) is 10.5 Å². The van der Waals surface area contributed by atoms with Crippen molar-refractivity contribution in [2.45, 2.75) is 20.8 Å². The van der Waals surface area contributed by atoms with Gasteiger partial charge in [-0.25, -0.2) is 0 Å². The van der Waals surface area contributed by atoms with Crippen LogP contribution in [0.15, 0.2) is 10.6 Å². The summed E-state index contributed by atoms with van der Waals surface area (Å²) in [7, 11) is 0. The number of carbonyl (C=O) groups excluding carboxylic acids is 2. The highest BCUT2D eigenvalue weighted by Gasteiger charge is 2.20. The minimum atomic E-state index is -0.564. The van der Waals surface area contributed by atoms with Crippen molar-refractivity contribution in [1.29, 1.82) is 0 Å². The Morgan fingerprint density at radius 2 is 2.05 bits per heavy atom. The Bertz CT molecular complexity index is 657. The summed E-state index contributed by atoms with van der Waals surface area (Å²) in [5, 5.41) is 6.70. The minimum absolute atomic E-state index is 0.0941. The van der Waals surface area contributed by atoms with Gasteiger partial charge in [0.25, 0.3) is 11.8 Å². The average molecular weight is 279 g/mol. The lowest BCUT2D eigenvalue weighted by Crippen LogP contribution is -2.17. The lowest BCUT2D eigenvalue weighted by Gasteiger charge is -2.02. The van der Waals surface area contributed by atoms with Gasteiger partial charge in [0.05, 0.1) is 11.3 Å². The molecule has 100 valence electrons. The van der Waals surface area contributed by atoms with Gasteiger partial charge in [0.2, 0.25) is 5.76 Å². The molecule has 0 radical (unpaired) electrons. The molecule has 0 aromatic carbocycles. The Hall–Kier alpha value is -2.15. The van der Waals surface area contributed by atoms with Crippen molar-refractivity contribution in [3.05, 3.63) is 33.5 Å². The van der Waals surface area contributed by atoms with Crippen LogP contribution in [-0.2, 0) is 0 Å². The molecule has 0 spiro atoms. The van der Waals surface area contributed by atoms with Crippen LogP contribution in [0.25, 0.3) is 0 Å². The van der Waals surface area contributed by atoms with Gasteiger partial charge in [-0.2, -0.15) is 0 Å². The van der Waals surface area contributed by atoms with Crippen LogP contribution in [0.4, 0.5) is 5.00 Å². The van der Waals surface area contributed by atoms with E-state index < -0.39 is 11.8 Å². The second-order valence-corrected chi connectivity index (χ2v) is 5.36. The Balaban J connectivity index is 2.31. The van der Waals surface area contributed by atoms with Gasteiger partial charge in [0.15, 0.2) is 0 Å². The van der Waals surface area contributed by atoms with Crippen LogP contribution >= 0.6 is 11.3 Å². The first-order chi connectivity index (χ1) is 8.90. The number of aromatic nitrogens is 1. The molecule has 2 aromatic heterocycles. The number of amides is 2. The van der Waals surface area contributed by atoms with E-state index in [1.807, 2.05) is 6.92 Å². The predicted octanol–water partition coefficient (Wildman–Crippen LogP) is 2.01. The fourth-order valence-corrected chi connectivity index (χ4v) is 2.71. The van der Waals surface area contributed by atoms with Crippen LogP contribution in [0.3, 0.4) is 0 Å². The molecule has 6 nitrogen and oxygen atoms in total. The predicted molar refractivity (Wildman–Crippen MR) is 71.5 cm³/mol. The van der Waals surface area contributed by atoms with Gasteiger partial charge in [0.1, 0.15) is 5.00 Å². The molecule has 0 saturated heterocycles. The number of nitrogens with zero attached hydrogens (tertiary/aromatic N) is 1. The van der Waals surface area contributed by atoms with Crippen LogP contribution in [0, 0.1) is 20.8 Å². The molecule has 2 rings (SSSR count). The van der Waals surface area contributed by atoms with Crippen molar-refractivity contribution in [1.82, 2.24) is 5.16 Å². The molecule has 0 aliphatic heterocycles. The van der Waals surface area contributed by atoms with E-state index in [9.17, 15) is 9.59 Å². The molecule has 7 heteroatoms. The first-order valence-electron chi connectivity index (χ1n) is 5.54. The lowest BCUT2D eigenvalue weighted by atomic mass is 10.1. The number of thiophene rings is 1. The monoisotopic (exact) mass is 279 g/mol. The van der Waals surface area contributed by atoms with Crippen LogP contribution in [0.2, 0.25) is 0 Å². The van der Waals surface area contributed by atoms with Gasteiger partial charge >= 0.3 is 0 Å². The Morgan fingerprint density at radius 1 is 1.37 bits per heavy atom. The van der Waals surface area contributed by atoms with Crippen LogP contribution in [-0.4, -0.2) is 17.0 Å². The van der Waals surface area contributed by atoms with Crippen molar-refractivity contribution in [3.8, 4) is 0 Å². The van der Waals surface area contributed by atoms with Crippen molar-refractivity contribution in [2.24, 2.45) is 5.73 Å². The Labute approximate surface area is 113 Å². The summed E-state index contributed by atoms with van der Waals surface area (Å²) in [6.45, 7) is 5.37. The lowest BCUT2D eigenvalue weighted by molar-refractivity contribution is 0.0988. The molecule has 19 heavy (non-hydrogen) atoms. The molecular weight excluding hydrogens is 266 g/mol. The zero-order chi connectivity index (χ0) is 14.2. The number of rotatable bonds is 3. The highest BCUT2D eigenvalue weighted by atomic mass is 32.1. The molecular formula is C12H13N3O3S. The molecule has 0 fully saturated rings. The van der Waals surface area contributed by atoms with E-state index in [0.29, 0.717) is 16.3 Å². The van der Waals surface area contributed by atoms with E-state index in [0.717, 1.165) is 10.4 Å². The van der Waals surface area contributed by atoms with Crippen molar-refractivity contribution >= 4 is 28.2 Å². The van der Waals surface area contributed by atoms with E-state index in [-0.39, 0.29) is 5.76 Å². The van der Waals surface area contributed by atoms with Crippen LogP contribution in [0.1, 0.15) is 37.0 Å². The van der Waals surface area contributed by atoms with Gasteiger partial charge < -0.3 is 15.6 Å². The van der Waals surface area contributed by atoms with E-state index in [1.54, 1.807) is 13.8 Å². The molecule has 0 bridgehead atoms. The highest BCUT2D eigenvalue weighted by Crippen LogP contribution is 2.32. The summed E-state index contributed by atoms with van der Waals surface area (Å²) >= 11 is 1.30. The summed E-state index contributed by atoms with van der Waals surface area (Å²) in [4.78, 5) is 24.3. The van der Waals surface area contributed by atoms with E-state index in [4.69, 9.17) is 10.3 Å². The normalized spacial score (nSPS) is 10.5.